The lowest BCUT2D eigenvalue weighted by atomic mass is 10.1. The largest absolute Gasteiger partial charge is 0.364 e. The van der Waals surface area contributed by atoms with Gasteiger partial charge in [0.05, 0.1) is 22.4 Å². The minimum absolute atomic E-state index is 0.0693. The van der Waals surface area contributed by atoms with Gasteiger partial charge in [0.15, 0.2) is 0 Å². The minimum Gasteiger partial charge on any atom is -0.364 e. The first kappa shape index (κ1) is 20.0. The van der Waals surface area contributed by atoms with Crippen molar-refractivity contribution in [3.63, 3.8) is 0 Å². The van der Waals surface area contributed by atoms with Crippen molar-refractivity contribution < 1.29 is 13.0 Å². The molecule has 5 nitrogen and oxygen atoms in total. The first-order valence-corrected chi connectivity index (χ1v) is 11.1. The van der Waals surface area contributed by atoms with Crippen LogP contribution in [0, 0.1) is 0 Å². The summed E-state index contributed by atoms with van der Waals surface area (Å²) in [4.78, 5) is -0.0693. The topological polar surface area (TPSA) is 78.4 Å². The van der Waals surface area contributed by atoms with Crippen LogP contribution in [0.25, 0.3) is 0 Å². The molecule has 1 heterocycles. The van der Waals surface area contributed by atoms with Crippen LogP contribution < -0.4 is 10.6 Å². The van der Waals surface area contributed by atoms with Crippen molar-refractivity contribution in [3.8, 4) is 0 Å². The van der Waals surface area contributed by atoms with Gasteiger partial charge in [-0.1, -0.05) is 64.7 Å². The molecule has 0 bridgehead atoms. The summed E-state index contributed by atoms with van der Waals surface area (Å²) in [7, 11) is -4.15. The third kappa shape index (κ3) is 6.86. The number of hydrogen-bond donors (Lipinski definition) is 3. The van der Waals surface area contributed by atoms with Crippen LogP contribution in [0.1, 0.15) is 77.6 Å². The zero-order valence-electron chi connectivity index (χ0n) is 15.3. The SMILES string of the molecule is CCCCCCCCCCCCC1Nc2ccc(S(=O)(=O)O)cc2N1. The Balaban J connectivity index is 1.58. The molecule has 3 N–H and O–H groups in total. The van der Waals surface area contributed by atoms with Crippen molar-refractivity contribution in [1.29, 1.82) is 0 Å². The van der Waals surface area contributed by atoms with Gasteiger partial charge in [0.25, 0.3) is 10.1 Å². The Hall–Kier alpha value is -1.27. The van der Waals surface area contributed by atoms with E-state index in [0.717, 1.165) is 24.2 Å². The van der Waals surface area contributed by atoms with Crippen molar-refractivity contribution in [2.45, 2.75) is 88.6 Å². The molecule has 0 saturated heterocycles. The van der Waals surface area contributed by atoms with Gasteiger partial charge < -0.3 is 10.6 Å². The van der Waals surface area contributed by atoms with E-state index in [2.05, 4.69) is 17.6 Å². The lowest BCUT2D eigenvalue weighted by Crippen LogP contribution is -2.21. The summed E-state index contributed by atoms with van der Waals surface area (Å²) in [6, 6.07) is 4.60. The summed E-state index contributed by atoms with van der Waals surface area (Å²) >= 11 is 0. The van der Waals surface area contributed by atoms with E-state index in [1.165, 1.54) is 69.9 Å². The lowest BCUT2D eigenvalue weighted by molar-refractivity contribution is 0.483. The summed E-state index contributed by atoms with van der Waals surface area (Å²) in [6.07, 6.45) is 14.3. The highest BCUT2D eigenvalue weighted by atomic mass is 32.2. The number of anilines is 2. The van der Waals surface area contributed by atoms with Gasteiger partial charge >= 0.3 is 0 Å². The van der Waals surface area contributed by atoms with Gasteiger partial charge in [0.1, 0.15) is 0 Å². The van der Waals surface area contributed by atoms with Gasteiger partial charge in [-0.25, -0.2) is 0 Å². The van der Waals surface area contributed by atoms with E-state index in [4.69, 9.17) is 4.55 Å². The van der Waals surface area contributed by atoms with E-state index in [1.807, 2.05) is 0 Å². The Morgan fingerprint density at radius 2 is 1.44 bits per heavy atom. The Kier molecular flexibility index (Phi) is 8.03. The maximum atomic E-state index is 11.2. The highest BCUT2D eigenvalue weighted by Gasteiger charge is 2.21. The van der Waals surface area contributed by atoms with Crippen LogP contribution in [0.4, 0.5) is 11.4 Å². The molecule has 1 atom stereocenters. The smallest absolute Gasteiger partial charge is 0.294 e. The monoisotopic (exact) mass is 368 g/mol. The fourth-order valence-corrected chi connectivity index (χ4v) is 3.83. The molecule has 0 radical (unpaired) electrons. The average molecular weight is 369 g/mol. The summed E-state index contributed by atoms with van der Waals surface area (Å²) < 4.78 is 31.5. The molecule has 142 valence electrons. The van der Waals surface area contributed by atoms with Gasteiger partial charge in [0, 0.05) is 0 Å². The maximum absolute atomic E-state index is 11.2. The molecule has 0 aromatic heterocycles. The van der Waals surface area contributed by atoms with E-state index in [-0.39, 0.29) is 11.1 Å². The van der Waals surface area contributed by atoms with Crippen LogP contribution in [0.3, 0.4) is 0 Å². The van der Waals surface area contributed by atoms with Crippen molar-refractivity contribution in [2.75, 3.05) is 10.6 Å². The normalized spacial score (nSPS) is 16.3. The Bertz CT molecular complexity index is 632. The zero-order chi connectivity index (χ0) is 18.1. The number of hydrogen-bond acceptors (Lipinski definition) is 4. The van der Waals surface area contributed by atoms with Crippen LogP contribution >= 0.6 is 0 Å². The molecule has 0 fully saturated rings. The van der Waals surface area contributed by atoms with Gasteiger partial charge in [-0.05, 0) is 31.0 Å². The highest BCUT2D eigenvalue weighted by Crippen LogP contribution is 2.32. The van der Waals surface area contributed by atoms with Crippen LogP contribution in [0.5, 0.6) is 0 Å². The molecular formula is C19H32N2O3S. The summed E-state index contributed by atoms with van der Waals surface area (Å²) in [5, 5.41) is 6.65. The van der Waals surface area contributed by atoms with Crippen molar-refractivity contribution in [2.24, 2.45) is 0 Å². The second-order valence-electron chi connectivity index (χ2n) is 6.99. The Morgan fingerprint density at radius 1 is 0.880 bits per heavy atom. The minimum atomic E-state index is -4.15. The molecule has 6 heteroatoms. The summed E-state index contributed by atoms with van der Waals surface area (Å²) in [5.41, 5.74) is 1.64. The fourth-order valence-electron chi connectivity index (χ4n) is 3.32. The molecule has 25 heavy (non-hydrogen) atoms. The van der Waals surface area contributed by atoms with Gasteiger partial charge in [-0.2, -0.15) is 8.42 Å². The van der Waals surface area contributed by atoms with Crippen LogP contribution in [-0.4, -0.2) is 19.1 Å². The quantitative estimate of drug-likeness (QED) is 0.340. The van der Waals surface area contributed by atoms with Crippen LogP contribution in [0.15, 0.2) is 23.1 Å². The fraction of sp³-hybridized carbons (Fsp3) is 0.684. The molecule has 1 aromatic carbocycles. The standard InChI is InChI=1S/C19H32N2O3S/c1-2-3-4-5-6-7-8-9-10-11-12-19-20-17-14-13-16(25(22,23)24)15-18(17)21-19/h13-15,19-21H,2-12H2,1H3,(H,22,23,24). The molecule has 0 spiro atoms. The number of rotatable bonds is 12. The van der Waals surface area contributed by atoms with E-state index < -0.39 is 10.1 Å². The van der Waals surface area contributed by atoms with Crippen molar-refractivity contribution >= 4 is 21.5 Å². The predicted octanol–water partition coefficient (Wildman–Crippen LogP) is 5.41. The number of nitrogens with one attached hydrogen (secondary N) is 2. The van der Waals surface area contributed by atoms with Crippen molar-refractivity contribution in [1.82, 2.24) is 0 Å². The van der Waals surface area contributed by atoms with E-state index in [0.29, 0.717) is 0 Å². The number of unbranched alkanes of at least 4 members (excludes halogenated alkanes) is 9. The second-order valence-corrected chi connectivity index (χ2v) is 8.42. The van der Waals surface area contributed by atoms with E-state index >= 15 is 0 Å². The molecule has 0 amide bonds. The Labute approximate surface area is 152 Å². The average Bonchev–Trinajstić information content (AvgIpc) is 2.97. The number of benzene rings is 1. The van der Waals surface area contributed by atoms with Crippen molar-refractivity contribution in [3.05, 3.63) is 18.2 Å². The molecule has 1 aliphatic rings. The van der Waals surface area contributed by atoms with Crippen LogP contribution in [0.2, 0.25) is 0 Å². The maximum Gasteiger partial charge on any atom is 0.294 e. The molecule has 1 aliphatic heterocycles. The first-order chi connectivity index (χ1) is 12.0. The van der Waals surface area contributed by atoms with Crippen LogP contribution in [-0.2, 0) is 10.1 Å². The van der Waals surface area contributed by atoms with E-state index in [9.17, 15) is 8.42 Å². The third-order valence-corrected chi connectivity index (χ3v) is 5.64. The second kappa shape index (κ2) is 10.0. The molecule has 0 saturated carbocycles. The molecular weight excluding hydrogens is 336 g/mol. The first-order valence-electron chi connectivity index (χ1n) is 9.65. The van der Waals surface area contributed by atoms with Gasteiger partial charge in [0.2, 0.25) is 0 Å². The molecule has 1 unspecified atom stereocenters. The number of fused-ring (bicyclic) bond motifs is 1. The van der Waals surface area contributed by atoms with Gasteiger partial charge in [-0.15, -0.1) is 0 Å². The third-order valence-electron chi connectivity index (χ3n) is 4.79. The predicted molar refractivity (Wildman–Crippen MR) is 104 cm³/mol. The van der Waals surface area contributed by atoms with E-state index in [1.54, 1.807) is 6.07 Å². The molecule has 1 aromatic rings. The zero-order valence-corrected chi connectivity index (χ0v) is 16.1. The molecule has 2 rings (SSSR count). The summed E-state index contributed by atoms with van der Waals surface area (Å²) in [5.74, 6) is 0. The van der Waals surface area contributed by atoms with Gasteiger partial charge in [-0.3, -0.25) is 4.55 Å². The molecule has 0 aliphatic carbocycles. The Morgan fingerprint density at radius 3 is 2.04 bits per heavy atom. The highest BCUT2D eigenvalue weighted by molar-refractivity contribution is 7.85. The lowest BCUT2D eigenvalue weighted by Gasteiger charge is -2.11. The summed E-state index contributed by atoms with van der Waals surface area (Å²) in [6.45, 7) is 2.25.